The van der Waals surface area contributed by atoms with Crippen molar-refractivity contribution in [3.63, 3.8) is 0 Å². The van der Waals surface area contributed by atoms with Gasteiger partial charge in [-0.1, -0.05) is 57.7 Å². The zero-order chi connectivity index (χ0) is 24.8. The third-order valence-corrected chi connectivity index (χ3v) is 9.23. The second-order valence-corrected chi connectivity index (χ2v) is 12.0. The molecule has 0 spiro atoms. The lowest BCUT2D eigenvalue weighted by Crippen LogP contribution is -2.37. The molecule has 1 aliphatic rings. The Kier molecular flexibility index (Phi) is 9.20. The van der Waals surface area contributed by atoms with Gasteiger partial charge < -0.3 is 14.7 Å². The summed E-state index contributed by atoms with van der Waals surface area (Å²) in [4.78, 5) is 14.6. The molecule has 188 valence electrons. The second-order valence-electron chi connectivity index (χ2n) is 9.09. The van der Waals surface area contributed by atoms with Gasteiger partial charge in [-0.25, -0.2) is 4.79 Å². The highest BCUT2D eigenvalue weighted by Crippen LogP contribution is 2.62. The van der Waals surface area contributed by atoms with Crippen LogP contribution in [0.25, 0.3) is 0 Å². The first-order valence-corrected chi connectivity index (χ1v) is 14.8. The SMILES string of the molecule is CCCCC1(CCCC)CN(c2ccccc2)c2cc(SC)c(OCC(=O)O)cc2S(O)(O)C1. The lowest BCUT2D eigenvalue weighted by atomic mass is 9.79. The van der Waals surface area contributed by atoms with E-state index in [2.05, 4.69) is 30.9 Å². The van der Waals surface area contributed by atoms with E-state index in [-0.39, 0.29) is 5.41 Å². The molecule has 0 saturated carbocycles. The average molecular weight is 508 g/mol. The fourth-order valence-corrected chi connectivity index (χ4v) is 7.49. The number of rotatable bonds is 11. The van der Waals surface area contributed by atoms with Crippen LogP contribution in [0, 0.1) is 5.41 Å². The minimum atomic E-state index is -3.15. The van der Waals surface area contributed by atoms with E-state index >= 15 is 0 Å². The predicted molar refractivity (Wildman–Crippen MR) is 142 cm³/mol. The molecule has 0 unspecified atom stereocenters. The number of fused-ring (bicyclic) bond motifs is 1. The first kappa shape index (κ1) is 26.7. The van der Waals surface area contributed by atoms with Crippen molar-refractivity contribution < 1.29 is 23.7 Å². The van der Waals surface area contributed by atoms with Crippen molar-refractivity contribution in [3.8, 4) is 5.75 Å². The summed E-state index contributed by atoms with van der Waals surface area (Å²) >= 11 is 1.45. The van der Waals surface area contributed by atoms with Gasteiger partial charge in [-0.05, 0) is 37.3 Å². The van der Waals surface area contributed by atoms with Gasteiger partial charge >= 0.3 is 5.97 Å². The molecular formula is C26H37NO5S2. The number of carbonyl (C=O) groups is 1. The summed E-state index contributed by atoms with van der Waals surface area (Å²) in [7, 11) is -3.15. The number of para-hydroxylation sites is 1. The maximum atomic E-state index is 11.6. The number of hydrogen-bond donors (Lipinski definition) is 3. The number of aliphatic carboxylic acids is 1. The molecule has 1 aliphatic heterocycles. The zero-order valence-corrected chi connectivity index (χ0v) is 22.0. The van der Waals surface area contributed by atoms with Gasteiger partial charge in [0.15, 0.2) is 6.61 Å². The number of thioether (sulfide) groups is 1. The molecule has 3 rings (SSSR count). The van der Waals surface area contributed by atoms with Crippen LogP contribution >= 0.6 is 22.4 Å². The van der Waals surface area contributed by atoms with Gasteiger partial charge in [-0.3, -0.25) is 9.11 Å². The van der Waals surface area contributed by atoms with Crippen molar-refractivity contribution in [1.29, 1.82) is 0 Å². The summed E-state index contributed by atoms with van der Waals surface area (Å²) in [6.45, 7) is 4.55. The number of carboxylic acids is 1. The lowest BCUT2D eigenvalue weighted by molar-refractivity contribution is -0.139. The Morgan fingerprint density at radius 3 is 2.32 bits per heavy atom. The highest BCUT2D eigenvalue weighted by Gasteiger charge is 2.42. The smallest absolute Gasteiger partial charge is 0.341 e. The van der Waals surface area contributed by atoms with E-state index in [1.807, 2.05) is 30.5 Å². The van der Waals surface area contributed by atoms with Crippen LogP contribution < -0.4 is 9.64 Å². The molecule has 0 amide bonds. The van der Waals surface area contributed by atoms with Gasteiger partial charge in [-0.15, -0.1) is 11.8 Å². The normalized spacial score (nSPS) is 17.5. The molecule has 2 aromatic carbocycles. The van der Waals surface area contributed by atoms with Crippen LogP contribution in [0.4, 0.5) is 11.4 Å². The summed E-state index contributed by atoms with van der Waals surface area (Å²) in [5.74, 6) is -0.401. The Labute approximate surface area is 209 Å². The number of hydrogen-bond acceptors (Lipinski definition) is 6. The average Bonchev–Trinajstić information content (AvgIpc) is 2.92. The molecule has 1 heterocycles. The predicted octanol–water partition coefficient (Wildman–Crippen LogP) is 7.50. The number of ether oxygens (including phenoxy) is 1. The third kappa shape index (κ3) is 6.22. The highest BCUT2D eigenvalue weighted by molar-refractivity contribution is 8.24. The van der Waals surface area contributed by atoms with Crippen LogP contribution in [0.3, 0.4) is 0 Å². The monoisotopic (exact) mass is 507 g/mol. The Morgan fingerprint density at radius 1 is 1.12 bits per heavy atom. The van der Waals surface area contributed by atoms with E-state index in [9.17, 15) is 13.9 Å². The van der Waals surface area contributed by atoms with E-state index in [1.54, 1.807) is 6.07 Å². The second kappa shape index (κ2) is 11.7. The van der Waals surface area contributed by atoms with Crippen molar-refractivity contribution in [2.24, 2.45) is 5.41 Å². The van der Waals surface area contributed by atoms with E-state index in [0.29, 0.717) is 22.9 Å². The van der Waals surface area contributed by atoms with Crippen molar-refractivity contribution in [2.45, 2.75) is 62.2 Å². The molecule has 3 N–H and O–H groups in total. The van der Waals surface area contributed by atoms with Gasteiger partial charge in [0.05, 0.1) is 15.5 Å². The summed E-state index contributed by atoms with van der Waals surface area (Å²) < 4.78 is 28.8. The van der Waals surface area contributed by atoms with E-state index in [0.717, 1.165) is 54.8 Å². The van der Waals surface area contributed by atoms with Crippen LogP contribution in [-0.2, 0) is 4.79 Å². The van der Waals surface area contributed by atoms with Crippen molar-refractivity contribution >= 4 is 39.7 Å². The lowest BCUT2D eigenvalue weighted by Gasteiger charge is -2.42. The summed E-state index contributed by atoms with van der Waals surface area (Å²) in [6.07, 6.45) is 7.92. The molecule has 2 aromatic rings. The number of anilines is 2. The fourth-order valence-electron chi connectivity index (χ4n) is 4.76. The molecule has 0 fully saturated rings. The van der Waals surface area contributed by atoms with Crippen LogP contribution in [-0.4, -0.2) is 45.3 Å². The molecular weight excluding hydrogens is 470 g/mol. The van der Waals surface area contributed by atoms with Gasteiger partial charge in [0.1, 0.15) is 5.75 Å². The topological polar surface area (TPSA) is 90.2 Å². The molecule has 6 nitrogen and oxygen atoms in total. The van der Waals surface area contributed by atoms with Crippen molar-refractivity contribution in [1.82, 2.24) is 0 Å². The number of carboxylic acid groups (broad SMARTS) is 1. The molecule has 0 bridgehead atoms. The van der Waals surface area contributed by atoms with E-state index < -0.39 is 23.2 Å². The summed E-state index contributed by atoms with van der Waals surface area (Å²) in [5, 5.41) is 9.12. The van der Waals surface area contributed by atoms with E-state index in [1.165, 1.54) is 11.8 Å². The van der Waals surface area contributed by atoms with Crippen LogP contribution in [0.5, 0.6) is 5.75 Å². The standard InChI is InChI=1S/C26H37NO5S2/c1-4-6-13-26(14-7-5-2)18-27(20-11-9-8-10-12-20)21-15-23(33-3)22(32-17-25(28)29)16-24(21)34(30,31)19-26/h8-12,15-16,30-31H,4-7,13-14,17-19H2,1-3H3,(H,28,29). The molecule has 0 saturated heterocycles. The van der Waals surface area contributed by atoms with E-state index in [4.69, 9.17) is 9.84 Å². The minimum Gasteiger partial charge on any atom is -0.481 e. The molecule has 0 aromatic heterocycles. The Morgan fingerprint density at radius 2 is 1.76 bits per heavy atom. The van der Waals surface area contributed by atoms with Gasteiger partial charge in [0.2, 0.25) is 0 Å². The number of nitrogens with zero attached hydrogens (tertiary/aromatic N) is 1. The first-order chi connectivity index (χ1) is 16.2. The molecule has 0 atom stereocenters. The van der Waals surface area contributed by atoms with Crippen molar-refractivity contribution in [3.05, 3.63) is 42.5 Å². The first-order valence-electron chi connectivity index (χ1n) is 11.9. The summed E-state index contributed by atoms with van der Waals surface area (Å²) in [5.41, 5.74) is 1.51. The summed E-state index contributed by atoms with van der Waals surface area (Å²) in [6, 6.07) is 13.7. The van der Waals surface area contributed by atoms with Crippen LogP contribution in [0.2, 0.25) is 0 Å². The molecule has 0 aliphatic carbocycles. The number of unbranched alkanes of at least 4 members (excludes halogenated alkanes) is 2. The minimum absolute atomic E-state index is 0.249. The third-order valence-electron chi connectivity index (χ3n) is 6.43. The maximum Gasteiger partial charge on any atom is 0.341 e. The largest absolute Gasteiger partial charge is 0.481 e. The molecule has 8 heteroatoms. The molecule has 34 heavy (non-hydrogen) atoms. The quantitative estimate of drug-likeness (QED) is 0.271. The maximum absolute atomic E-state index is 11.6. The zero-order valence-electron chi connectivity index (χ0n) is 20.3. The van der Waals surface area contributed by atoms with Gasteiger partial charge in [-0.2, -0.15) is 10.6 Å². The van der Waals surface area contributed by atoms with Crippen molar-refractivity contribution in [2.75, 3.05) is 30.1 Å². The van der Waals surface area contributed by atoms with Gasteiger partial charge in [0, 0.05) is 29.5 Å². The Hall–Kier alpha value is -1.87. The Bertz CT molecular complexity index is 959. The number of benzene rings is 2. The Balaban J connectivity index is 2.20. The van der Waals surface area contributed by atoms with Crippen LogP contribution in [0.15, 0.2) is 52.3 Å². The fraction of sp³-hybridized carbons (Fsp3) is 0.500. The van der Waals surface area contributed by atoms with Crippen LogP contribution in [0.1, 0.15) is 52.4 Å². The highest BCUT2D eigenvalue weighted by atomic mass is 32.3. The molecule has 0 radical (unpaired) electrons. The van der Waals surface area contributed by atoms with Gasteiger partial charge in [0.25, 0.3) is 0 Å².